The Morgan fingerprint density at radius 3 is 2.72 bits per heavy atom. The van der Waals surface area contributed by atoms with E-state index in [-0.39, 0.29) is 11.7 Å². The molecule has 0 N–H and O–H groups in total. The van der Waals surface area contributed by atoms with Crippen molar-refractivity contribution in [3.05, 3.63) is 65.6 Å². The summed E-state index contributed by atoms with van der Waals surface area (Å²) < 4.78 is 7.42. The van der Waals surface area contributed by atoms with Gasteiger partial charge in [0, 0.05) is 21.4 Å². The lowest BCUT2D eigenvalue weighted by molar-refractivity contribution is -0.115. The van der Waals surface area contributed by atoms with Crippen LogP contribution in [0.5, 0.6) is 0 Å². The summed E-state index contributed by atoms with van der Waals surface area (Å²) in [5.74, 6) is 1.70. The van der Waals surface area contributed by atoms with Crippen LogP contribution in [0.2, 0.25) is 5.02 Å². The van der Waals surface area contributed by atoms with E-state index in [1.807, 2.05) is 66.9 Å². The molecule has 0 spiro atoms. The van der Waals surface area contributed by atoms with Gasteiger partial charge in [-0.05, 0) is 50.2 Å². The Labute approximate surface area is 199 Å². The van der Waals surface area contributed by atoms with E-state index < -0.39 is 0 Å². The number of carbonyl (C=O) groups is 1. The molecular formula is C23H19ClN4O2S2. The van der Waals surface area contributed by atoms with Crippen LogP contribution >= 0.6 is 35.1 Å². The zero-order valence-corrected chi connectivity index (χ0v) is 19.8. The Hall–Kier alpha value is -2.68. The molecular weight excluding hydrogens is 464 g/mol. The van der Waals surface area contributed by atoms with Gasteiger partial charge in [0.2, 0.25) is 5.91 Å². The quantitative estimate of drug-likeness (QED) is 0.305. The lowest BCUT2D eigenvalue weighted by atomic mass is 10.2. The minimum atomic E-state index is -0.0436. The summed E-state index contributed by atoms with van der Waals surface area (Å²) in [5, 5.41) is 9.99. The molecule has 162 valence electrons. The molecule has 0 unspecified atom stereocenters. The molecule has 4 aromatic rings. The molecule has 0 radical (unpaired) electrons. The van der Waals surface area contributed by atoms with Gasteiger partial charge in [-0.1, -0.05) is 47.3 Å². The number of para-hydroxylation sites is 1. The van der Waals surface area contributed by atoms with Crippen molar-refractivity contribution in [2.75, 3.05) is 10.7 Å². The molecule has 0 atom stereocenters. The number of amides is 1. The highest BCUT2D eigenvalue weighted by atomic mass is 35.5. The first-order valence-corrected chi connectivity index (χ1v) is 12.2. The van der Waals surface area contributed by atoms with E-state index in [2.05, 4.69) is 10.2 Å². The van der Waals surface area contributed by atoms with Crippen molar-refractivity contribution in [1.82, 2.24) is 14.8 Å². The van der Waals surface area contributed by atoms with Crippen molar-refractivity contribution in [1.29, 1.82) is 0 Å². The van der Waals surface area contributed by atoms with Crippen LogP contribution in [0.4, 0.5) is 11.4 Å². The molecule has 0 aliphatic carbocycles. The Balaban J connectivity index is 1.44. The van der Waals surface area contributed by atoms with E-state index in [9.17, 15) is 4.79 Å². The molecule has 6 nitrogen and oxygen atoms in total. The van der Waals surface area contributed by atoms with Crippen LogP contribution in [0.1, 0.15) is 12.7 Å². The lowest BCUT2D eigenvalue weighted by Gasteiger charge is -2.31. The number of rotatable bonds is 5. The minimum Gasteiger partial charge on any atom is -0.469 e. The van der Waals surface area contributed by atoms with E-state index in [1.165, 1.54) is 11.8 Å². The maximum Gasteiger partial charge on any atom is 0.242 e. The SMILES string of the molecule is CCn1c(SCC(=O)N2c3ccccc3Sc3ccc(Cl)cc32)nnc1-c1ccoc1C. The van der Waals surface area contributed by atoms with E-state index in [4.69, 9.17) is 16.0 Å². The topological polar surface area (TPSA) is 64.2 Å². The van der Waals surface area contributed by atoms with Crippen LogP contribution in [-0.2, 0) is 11.3 Å². The largest absolute Gasteiger partial charge is 0.469 e. The number of nitrogens with zero attached hydrogens (tertiary/aromatic N) is 4. The molecule has 1 aliphatic heterocycles. The summed E-state index contributed by atoms with van der Waals surface area (Å²) in [4.78, 5) is 17.3. The molecule has 1 amide bonds. The number of thioether (sulfide) groups is 1. The van der Waals surface area contributed by atoms with Crippen molar-refractivity contribution in [3.8, 4) is 11.4 Å². The highest BCUT2D eigenvalue weighted by Gasteiger charge is 2.29. The number of anilines is 2. The number of hydrogen-bond acceptors (Lipinski definition) is 6. The molecule has 0 bridgehead atoms. The second kappa shape index (κ2) is 8.69. The highest BCUT2D eigenvalue weighted by molar-refractivity contribution is 8.00. The van der Waals surface area contributed by atoms with Crippen LogP contribution in [0.3, 0.4) is 0 Å². The first-order chi connectivity index (χ1) is 15.6. The molecule has 0 saturated carbocycles. The summed E-state index contributed by atoms with van der Waals surface area (Å²) >= 11 is 9.29. The number of benzene rings is 2. The summed E-state index contributed by atoms with van der Waals surface area (Å²) in [6.45, 7) is 4.62. The van der Waals surface area contributed by atoms with Gasteiger partial charge in [-0.15, -0.1) is 10.2 Å². The minimum absolute atomic E-state index is 0.0436. The summed E-state index contributed by atoms with van der Waals surface area (Å²) in [5.41, 5.74) is 2.58. The van der Waals surface area contributed by atoms with Crippen LogP contribution in [0.25, 0.3) is 11.4 Å². The standard InChI is InChI=1S/C23H19ClN4O2S2/c1-3-27-22(16-10-11-30-14(16)2)25-26-23(27)31-13-21(29)28-17-6-4-5-7-19(17)32-20-9-8-15(24)12-18(20)28/h4-12H,3,13H2,1-2H3. The first kappa shape index (κ1) is 21.2. The fraction of sp³-hybridized carbons (Fsp3) is 0.174. The average Bonchev–Trinajstić information content (AvgIpc) is 3.40. The maximum atomic E-state index is 13.5. The van der Waals surface area contributed by atoms with Gasteiger partial charge >= 0.3 is 0 Å². The van der Waals surface area contributed by atoms with Crippen LogP contribution in [0.15, 0.2) is 74.2 Å². The Kier molecular flexibility index (Phi) is 5.75. The number of carbonyl (C=O) groups excluding carboxylic acids is 1. The zero-order chi connectivity index (χ0) is 22.2. The summed E-state index contributed by atoms with van der Waals surface area (Å²) in [7, 11) is 0. The number of halogens is 1. The predicted octanol–water partition coefficient (Wildman–Crippen LogP) is 6.44. The van der Waals surface area contributed by atoms with Crippen molar-refractivity contribution in [3.63, 3.8) is 0 Å². The number of furan rings is 1. The number of aryl methyl sites for hydroxylation is 1. The molecule has 0 saturated heterocycles. The second-order valence-electron chi connectivity index (χ2n) is 7.14. The molecule has 32 heavy (non-hydrogen) atoms. The van der Waals surface area contributed by atoms with Gasteiger partial charge in [-0.3, -0.25) is 9.69 Å². The first-order valence-electron chi connectivity index (χ1n) is 10.1. The van der Waals surface area contributed by atoms with Gasteiger partial charge in [0.25, 0.3) is 0 Å². The van der Waals surface area contributed by atoms with Crippen molar-refractivity contribution in [2.24, 2.45) is 0 Å². The summed E-state index contributed by atoms with van der Waals surface area (Å²) in [6, 6.07) is 15.4. The molecule has 0 fully saturated rings. The third kappa shape index (κ3) is 3.72. The van der Waals surface area contributed by atoms with Crippen molar-refractivity contribution < 1.29 is 9.21 Å². The fourth-order valence-electron chi connectivity index (χ4n) is 3.68. The van der Waals surface area contributed by atoms with Crippen LogP contribution in [0, 0.1) is 6.92 Å². The number of aromatic nitrogens is 3. The molecule has 5 rings (SSSR count). The average molecular weight is 483 g/mol. The molecule has 2 aromatic carbocycles. The predicted molar refractivity (Wildman–Crippen MR) is 128 cm³/mol. The third-order valence-corrected chi connectivity index (χ3v) is 7.51. The summed E-state index contributed by atoms with van der Waals surface area (Å²) in [6.07, 6.45) is 1.64. The molecule has 9 heteroatoms. The van der Waals surface area contributed by atoms with Crippen LogP contribution in [-0.4, -0.2) is 26.4 Å². The fourth-order valence-corrected chi connectivity index (χ4v) is 5.74. The van der Waals surface area contributed by atoms with E-state index in [0.29, 0.717) is 16.7 Å². The number of fused-ring (bicyclic) bond motifs is 2. The van der Waals surface area contributed by atoms with Crippen molar-refractivity contribution in [2.45, 2.75) is 35.3 Å². The maximum absolute atomic E-state index is 13.5. The van der Waals surface area contributed by atoms with Gasteiger partial charge < -0.3 is 8.98 Å². The van der Waals surface area contributed by atoms with Gasteiger partial charge in [0.1, 0.15) is 5.76 Å². The normalized spacial score (nSPS) is 12.5. The zero-order valence-electron chi connectivity index (χ0n) is 17.4. The van der Waals surface area contributed by atoms with Gasteiger partial charge in [-0.25, -0.2) is 0 Å². The molecule has 1 aliphatic rings. The smallest absolute Gasteiger partial charge is 0.242 e. The number of hydrogen-bond donors (Lipinski definition) is 0. The van der Waals surface area contributed by atoms with E-state index in [1.54, 1.807) is 22.9 Å². The lowest BCUT2D eigenvalue weighted by Crippen LogP contribution is -2.30. The van der Waals surface area contributed by atoms with Crippen molar-refractivity contribution >= 4 is 52.4 Å². The van der Waals surface area contributed by atoms with E-state index >= 15 is 0 Å². The third-order valence-electron chi connectivity index (χ3n) is 5.19. The molecule has 3 heterocycles. The monoisotopic (exact) mass is 482 g/mol. The Morgan fingerprint density at radius 2 is 1.94 bits per heavy atom. The van der Waals surface area contributed by atoms with Crippen LogP contribution < -0.4 is 4.90 Å². The highest BCUT2D eigenvalue weighted by Crippen LogP contribution is 2.49. The Bertz CT molecular complexity index is 1320. The van der Waals surface area contributed by atoms with Gasteiger partial charge in [0.05, 0.1) is 29.0 Å². The molecule has 2 aromatic heterocycles. The Morgan fingerprint density at radius 1 is 1.12 bits per heavy atom. The second-order valence-corrected chi connectivity index (χ2v) is 9.60. The van der Waals surface area contributed by atoms with Gasteiger partial charge in [-0.2, -0.15) is 0 Å². The van der Waals surface area contributed by atoms with Gasteiger partial charge in [0.15, 0.2) is 11.0 Å². The van der Waals surface area contributed by atoms with E-state index in [0.717, 1.165) is 38.3 Å².